The molecule has 1 unspecified atom stereocenters. The maximum atomic E-state index is 12.6. The van der Waals surface area contributed by atoms with Crippen LogP contribution in [-0.4, -0.2) is 30.4 Å². The lowest BCUT2D eigenvalue weighted by Gasteiger charge is -2.39. The molecule has 2 amide bonds. The molecule has 5 nitrogen and oxygen atoms in total. The molecule has 8 heteroatoms. The number of nitrogens with zero attached hydrogens (tertiary/aromatic N) is 1. The zero-order chi connectivity index (χ0) is 20.3. The zero-order valence-electron chi connectivity index (χ0n) is 14.9. The van der Waals surface area contributed by atoms with Crippen molar-refractivity contribution in [2.24, 2.45) is 5.73 Å². The minimum absolute atomic E-state index is 0.196. The third-order valence-corrected chi connectivity index (χ3v) is 4.68. The van der Waals surface area contributed by atoms with E-state index in [1.54, 1.807) is 0 Å². The van der Waals surface area contributed by atoms with E-state index in [9.17, 15) is 22.8 Å². The maximum Gasteiger partial charge on any atom is 0.416 e. The summed E-state index contributed by atoms with van der Waals surface area (Å²) in [4.78, 5) is 25.7. The van der Waals surface area contributed by atoms with Crippen LogP contribution >= 0.6 is 0 Å². The Kier molecular flexibility index (Phi) is 5.69. The van der Waals surface area contributed by atoms with Crippen molar-refractivity contribution in [1.29, 1.82) is 0 Å². The second-order valence-corrected chi connectivity index (χ2v) is 6.69. The van der Waals surface area contributed by atoms with E-state index in [4.69, 9.17) is 5.73 Å². The number of β-lactam (4-membered cyclic amide) rings is 1. The number of carbonyl (C=O) groups is 2. The molecule has 0 bridgehead atoms. The van der Waals surface area contributed by atoms with Gasteiger partial charge in [-0.1, -0.05) is 30.3 Å². The fourth-order valence-corrected chi connectivity index (χ4v) is 2.97. The molecule has 148 valence electrons. The van der Waals surface area contributed by atoms with Gasteiger partial charge in [0.15, 0.2) is 0 Å². The predicted octanol–water partition coefficient (Wildman–Crippen LogP) is 2.50. The zero-order valence-corrected chi connectivity index (χ0v) is 14.9. The molecule has 2 atom stereocenters. The minimum atomic E-state index is -4.43. The fraction of sp³-hybridized carbons (Fsp3) is 0.300. The van der Waals surface area contributed by atoms with E-state index in [-0.39, 0.29) is 12.5 Å². The molecule has 1 heterocycles. The van der Waals surface area contributed by atoms with Gasteiger partial charge in [0.1, 0.15) is 6.04 Å². The molecular formula is C20H20F3N3O2. The molecule has 0 spiro atoms. The van der Waals surface area contributed by atoms with Crippen LogP contribution in [0.15, 0.2) is 54.6 Å². The second kappa shape index (κ2) is 8.02. The van der Waals surface area contributed by atoms with Gasteiger partial charge in [0.05, 0.1) is 18.2 Å². The quantitative estimate of drug-likeness (QED) is 0.743. The van der Waals surface area contributed by atoms with Crippen LogP contribution in [0.2, 0.25) is 0 Å². The number of carbonyl (C=O) groups excluding carboxylic acids is 2. The molecule has 1 fully saturated rings. The van der Waals surface area contributed by atoms with E-state index < -0.39 is 29.7 Å². The number of anilines is 1. The van der Waals surface area contributed by atoms with Crippen molar-refractivity contribution in [2.45, 2.75) is 31.1 Å². The second-order valence-electron chi connectivity index (χ2n) is 6.69. The lowest BCUT2D eigenvalue weighted by molar-refractivity contribution is -0.137. The predicted molar refractivity (Wildman–Crippen MR) is 98.5 cm³/mol. The molecule has 0 radical (unpaired) electrons. The number of aryl methyl sites for hydroxylation is 1. The Hall–Kier alpha value is -2.87. The third-order valence-electron chi connectivity index (χ3n) is 4.68. The number of hydrogen-bond donors (Lipinski definition) is 2. The van der Waals surface area contributed by atoms with Crippen molar-refractivity contribution in [3.8, 4) is 0 Å². The molecule has 2 aromatic carbocycles. The Balaban J connectivity index is 1.49. The number of rotatable bonds is 6. The molecule has 0 saturated carbocycles. The topological polar surface area (TPSA) is 75.4 Å². The van der Waals surface area contributed by atoms with Crippen LogP contribution in [0.5, 0.6) is 0 Å². The van der Waals surface area contributed by atoms with Crippen molar-refractivity contribution in [3.05, 3.63) is 65.7 Å². The summed E-state index contributed by atoms with van der Waals surface area (Å²) >= 11 is 0. The van der Waals surface area contributed by atoms with Crippen molar-refractivity contribution < 1.29 is 22.8 Å². The molecule has 1 aliphatic rings. The van der Waals surface area contributed by atoms with Crippen molar-refractivity contribution in [1.82, 2.24) is 5.32 Å². The van der Waals surface area contributed by atoms with Gasteiger partial charge in [0.25, 0.3) is 5.91 Å². The molecule has 1 saturated heterocycles. The van der Waals surface area contributed by atoms with Crippen LogP contribution in [0, 0.1) is 0 Å². The van der Waals surface area contributed by atoms with Crippen LogP contribution in [0.1, 0.15) is 17.5 Å². The van der Waals surface area contributed by atoms with Gasteiger partial charge < -0.3 is 16.0 Å². The van der Waals surface area contributed by atoms with Crippen LogP contribution < -0.4 is 16.0 Å². The Bertz CT molecular complexity index is 838. The van der Waals surface area contributed by atoms with E-state index in [0.717, 1.165) is 17.7 Å². The lowest BCUT2D eigenvalue weighted by Crippen LogP contribution is -2.65. The first kappa shape index (κ1) is 19.9. The summed E-state index contributed by atoms with van der Waals surface area (Å²) in [6.07, 6.45) is -3.34. The summed E-state index contributed by atoms with van der Waals surface area (Å²) < 4.78 is 37.8. The van der Waals surface area contributed by atoms with E-state index in [1.165, 1.54) is 17.0 Å². The van der Waals surface area contributed by atoms with Gasteiger partial charge in [-0.3, -0.25) is 9.59 Å². The number of amides is 2. The van der Waals surface area contributed by atoms with E-state index >= 15 is 0 Å². The largest absolute Gasteiger partial charge is 0.416 e. The summed E-state index contributed by atoms with van der Waals surface area (Å²) in [5.74, 6) is -0.787. The van der Waals surface area contributed by atoms with E-state index in [1.807, 2.05) is 30.3 Å². The van der Waals surface area contributed by atoms with Gasteiger partial charge in [-0.05, 0) is 42.7 Å². The van der Waals surface area contributed by atoms with Crippen LogP contribution in [0.3, 0.4) is 0 Å². The molecule has 1 aliphatic heterocycles. The average Bonchev–Trinajstić information content (AvgIpc) is 2.68. The highest BCUT2D eigenvalue weighted by molar-refractivity contribution is 6.06. The van der Waals surface area contributed by atoms with Crippen molar-refractivity contribution in [2.75, 3.05) is 11.4 Å². The molecule has 3 rings (SSSR count). The van der Waals surface area contributed by atoms with Gasteiger partial charge in [-0.2, -0.15) is 13.2 Å². The van der Waals surface area contributed by atoms with Crippen molar-refractivity contribution in [3.63, 3.8) is 0 Å². The maximum absolute atomic E-state index is 12.6. The number of nitrogens with one attached hydrogen (secondary N) is 1. The first-order valence-corrected chi connectivity index (χ1v) is 8.84. The monoisotopic (exact) mass is 391 g/mol. The van der Waals surface area contributed by atoms with E-state index in [2.05, 4.69) is 5.32 Å². The van der Waals surface area contributed by atoms with Crippen LogP contribution in [-0.2, 0) is 22.2 Å². The summed E-state index contributed by atoms with van der Waals surface area (Å²) in [7, 11) is 0. The van der Waals surface area contributed by atoms with Gasteiger partial charge in [0, 0.05) is 5.69 Å². The first-order chi connectivity index (χ1) is 13.3. The molecule has 3 N–H and O–H groups in total. The van der Waals surface area contributed by atoms with E-state index in [0.29, 0.717) is 18.5 Å². The lowest BCUT2D eigenvalue weighted by atomic mass is 10.0. The van der Waals surface area contributed by atoms with Crippen LogP contribution in [0.25, 0.3) is 0 Å². The molecule has 28 heavy (non-hydrogen) atoms. The van der Waals surface area contributed by atoms with Gasteiger partial charge in [-0.15, -0.1) is 0 Å². The Morgan fingerprint density at radius 1 is 1.14 bits per heavy atom. The van der Waals surface area contributed by atoms with Gasteiger partial charge >= 0.3 is 6.18 Å². The number of nitrogens with two attached hydrogens (primary N) is 1. The Labute approximate surface area is 160 Å². The highest BCUT2D eigenvalue weighted by atomic mass is 19.4. The number of alkyl halides is 3. The third kappa shape index (κ3) is 4.51. The summed E-state index contributed by atoms with van der Waals surface area (Å²) in [5.41, 5.74) is 6.54. The fourth-order valence-electron chi connectivity index (χ4n) is 2.97. The average molecular weight is 391 g/mol. The molecule has 2 aromatic rings. The Morgan fingerprint density at radius 3 is 2.36 bits per heavy atom. The standard InChI is InChI=1S/C20H20F3N3O2/c21-20(22,23)14-7-9-15(10-8-14)26-12-17(19(26)28)25-18(27)16(24)11-6-13-4-2-1-3-5-13/h1-5,7-10,16-17H,6,11-12,24H2,(H,25,27)/t16?,17-/m1/s1. The highest BCUT2D eigenvalue weighted by Crippen LogP contribution is 2.31. The molecule has 0 aliphatic carbocycles. The minimum Gasteiger partial charge on any atom is -0.341 e. The number of halogens is 3. The summed E-state index contributed by atoms with van der Waals surface area (Å²) in [6.45, 7) is 0.196. The Morgan fingerprint density at radius 2 is 1.79 bits per heavy atom. The number of hydrogen-bond acceptors (Lipinski definition) is 3. The number of benzene rings is 2. The first-order valence-electron chi connectivity index (χ1n) is 8.84. The molecule has 0 aromatic heterocycles. The summed E-state index contributed by atoms with van der Waals surface area (Å²) in [6, 6.07) is 12.5. The SMILES string of the molecule is NC(CCc1ccccc1)C(=O)N[C@@H]1CN(c2ccc(C(F)(F)F)cc2)C1=O. The smallest absolute Gasteiger partial charge is 0.341 e. The highest BCUT2D eigenvalue weighted by Gasteiger charge is 2.39. The summed E-state index contributed by atoms with van der Waals surface area (Å²) in [5, 5.41) is 2.60. The van der Waals surface area contributed by atoms with Gasteiger partial charge in [-0.25, -0.2) is 0 Å². The van der Waals surface area contributed by atoms with Crippen molar-refractivity contribution >= 4 is 17.5 Å². The normalized spacial score (nSPS) is 17.8. The van der Waals surface area contributed by atoms with Gasteiger partial charge in [0.2, 0.25) is 5.91 Å². The molecular weight excluding hydrogens is 371 g/mol. The van der Waals surface area contributed by atoms with Crippen LogP contribution in [0.4, 0.5) is 18.9 Å².